The van der Waals surface area contributed by atoms with Gasteiger partial charge in [0.1, 0.15) is 0 Å². The van der Waals surface area contributed by atoms with Gasteiger partial charge in [0.25, 0.3) is 0 Å². The van der Waals surface area contributed by atoms with Crippen molar-refractivity contribution in [3.05, 3.63) is 29.1 Å². The van der Waals surface area contributed by atoms with Crippen LogP contribution in [0.3, 0.4) is 0 Å². The zero-order chi connectivity index (χ0) is 13.4. The minimum absolute atomic E-state index is 0.504. The molecule has 0 aliphatic heterocycles. The first-order valence-electron chi connectivity index (χ1n) is 7.78. The lowest BCUT2D eigenvalue weighted by molar-refractivity contribution is 0.284. The quantitative estimate of drug-likeness (QED) is 0.889. The van der Waals surface area contributed by atoms with Crippen LogP contribution in [0.25, 0.3) is 0 Å². The lowest BCUT2D eigenvalue weighted by atomic mass is 9.83. The van der Waals surface area contributed by atoms with E-state index in [9.17, 15) is 0 Å². The monoisotopic (exact) mass is 258 g/mol. The molecule has 0 spiro atoms. The molecule has 1 N–H and O–H groups in total. The summed E-state index contributed by atoms with van der Waals surface area (Å²) in [5, 5.41) is 3.53. The maximum atomic E-state index is 4.49. The van der Waals surface area contributed by atoms with Crippen LogP contribution >= 0.6 is 0 Å². The molecule has 0 radical (unpaired) electrons. The van der Waals surface area contributed by atoms with Crippen molar-refractivity contribution in [1.82, 2.24) is 10.3 Å². The highest BCUT2D eigenvalue weighted by molar-refractivity contribution is 5.23. The topological polar surface area (TPSA) is 24.9 Å². The first-order chi connectivity index (χ1) is 9.15. The largest absolute Gasteiger partial charge is 0.313 e. The van der Waals surface area contributed by atoms with E-state index in [2.05, 4.69) is 43.3 Å². The van der Waals surface area contributed by atoms with E-state index in [1.54, 1.807) is 0 Å². The van der Waals surface area contributed by atoms with Crippen molar-refractivity contribution in [3.8, 4) is 0 Å². The van der Waals surface area contributed by atoms with Gasteiger partial charge in [-0.1, -0.05) is 6.42 Å². The van der Waals surface area contributed by atoms with E-state index in [4.69, 9.17) is 0 Å². The van der Waals surface area contributed by atoms with E-state index in [-0.39, 0.29) is 0 Å². The summed E-state index contributed by atoms with van der Waals surface area (Å²) in [5.74, 6) is 3.02. The predicted molar refractivity (Wildman–Crippen MR) is 79.1 cm³/mol. The first kappa shape index (κ1) is 13.1. The van der Waals surface area contributed by atoms with Gasteiger partial charge in [0.15, 0.2) is 0 Å². The third-order valence-electron chi connectivity index (χ3n) is 5.28. The molecule has 0 amide bonds. The normalized spacial score (nSPS) is 30.8. The second-order valence-electron chi connectivity index (χ2n) is 6.70. The summed E-state index contributed by atoms with van der Waals surface area (Å²) in [4.78, 5) is 4.49. The molecule has 2 aliphatic rings. The minimum atomic E-state index is 0.504. The number of aryl methyl sites for hydroxylation is 2. The van der Waals surface area contributed by atoms with Crippen LogP contribution in [0.5, 0.6) is 0 Å². The summed E-state index contributed by atoms with van der Waals surface area (Å²) in [6.07, 6.45) is 7.28. The van der Waals surface area contributed by atoms with E-state index in [0.29, 0.717) is 6.04 Å². The number of nitrogens with one attached hydrogen (secondary N) is 1. The summed E-state index contributed by atoms with van der Waals surface area (Å²) in [5.41, 5.74) is 3.71. The van der Waals surface area contributed by atoms with Crippen molar-refractivity contribution in [2.24, 2.45) is 17.8 Å². The highest BCUT2D eigenvalue weighted by Crippen LogP contribution is 2.50. The standard InChI is InChI=1S/C17H26N2/c1-11-6-16(7-12(2)19-11)17(18-3)10-15-9-13-4-5-14(15)8-13/h6-7,13-15,17-18H,4-5,8-10H2,1-3H3. The van der Waals surface area contributed by atoms with Crippen molar-refractivity contribution in [2.75, 3.05) is 7.05 Å². The molecular formula is C17H26N2. The third kappa shape index (κ3) is 2.69. The smallest absolute Gasteiger partial charge is 0.0379 e. The second-order valence-corrected chi connectivity index (χ2v) is 6.70. The van der Waals surface area contributed by atoms with E-state index < -0.39 is 0 Å². The van der Waals surface area contributed by atoms with Gasteiger partial charge in [0, 0.05) is 17.4 Å². The van der Waals surface area contributed by atoms with Gasteiger partial charge >= 0.3 is 0 Å². The van der Waals surface area contributed by atoms with E-state index in [1.807, 2.05) is 0 Å². The van der Waals surface area contributed by atoms with Gasteiger partial charge in [-0.05, 0) is 82.0 Å². The highest BCUT2D eigenvalue weighted by Gasteiger charge is 2.40. The first-order valence-corrected chi connectivity index (χ1v) is 7.78. The van der Waals surface area contributed by atoms with E-state index in [0.717, 1.165) is 29.1 Å². The molecule has 2 heteroatoms. The molecule has 1 heterocycles. The Kier molecular flexibility index (Phi) is 3.62. The molecule has 1 aromatic heterocycles. The number of pyridine rings is 1. The average Bonchev–Trinajstić information content (AvgIpc) is 2.96. The Morgan fingerprint density at radius 1 is 1.21 bits per heavy atom. The van der Waals surface area contributed by atoms with Crippen LogP contribution in [0.4, 0.5) is 0 Å². The number of hydrogen-bond acceptors (Lipinski definition) is 2. The van der Waals surface area contributed by atoms with Gasteiger partial charge in [-0.25, -0.2) is 0 Å². The summed E-state index contributed by atoms with van der Waals surface area (Å²) < 4.78 is 0. The molecule has 4 unspecified atom stereocenters. The molecular weight excluding hydrogens is 232 g/mol. The summed E-state index contributed by atoms with van der Waals surface area (Å²) >= 11 is 0. The highest BCUT2D eigenvalue weighted by atomic mass is 14.9. The fraction of sp³-hybridized carbons (Fsp3) is 0.706. The van der Waals surface area contributed by atoms with Crippen LogP contribution in [0.1, 0.15) is 55.1 Å². The Morgan fingerprint density at radius 2 is 1.95 bits per heavy atom. The summed E-state index contributed by atoms with van der Waals surface area (Å²) in [7, 11) is 2.10. The maximum Gasteiger partial charge on any atom is 0.0379 e. The Morgan fingerprint density at radius 3 is 2.47 bits per heavy atom. The molecule has 2 saturated carbocycles. The number of hydrogen-bond donors (Lipinski definition) is 1. The third-order valence-corrected chi connectivity index (χ3v) is 5.28. The summed E-state index contributed by atoms with van der Waals surface area (Å²) in [6.45, 7) is 4.20. The van der Waals surface area contributed by atoms with Gasteiger partial charge in [0.2, 0.25) is 0 Å². The Labute approximate surface area is 117 Å². The van der Waals surface area contributed by atoms with Gasteiger partial charge in [-0.15, -0.1) is 0 Å². The van der Waals surface area contributed by atoms with Crippen LogP contribution in [0, 0.1) is 31.6 Å². The number of aromatic nitrogens is 1. The van der Waals surface area contributed by atoms with Crippen molar-refractivity contribution in [1.29, 1.82) is 0 Å². The SMILES string of the molecule is CNC(CC1CC2CCC1C2)c1cc(C)nc(C)c1. The molecule has 0 saturated heterocycles. The van der Waals surface area contributed by atoms with Crippen LogP contribution in [-0.4, -0.2) is 12.0 Å². The van der Waals surface area contributed by atoms with Crippen LogP contribution in [0.2, 0.25) is 0 Å². The molecule has 1 aromatic rings. The zero-order valence-electron chi connectivity index (χ0n) is 12.4. The lowest BCUT2D eigenvalue weighted by Crippen LogP contribution is -2.23. The molecule has 2 fully saturated rings. The van der Waals surface area contributed by atoms with Gasteiger partial charge in [-0.2, -0.15) is 0 Å². The number of rotatable bonds is 4. The molecule has 19 heavy (non-hydrogen) atoms. The molecule has 3 rings (SSSR count). The number of fused-ring (bicyclic) bond motifs is 2. The van der Waals surface area contributed by atoms with Gasteiger partial charge < -0.3 is 5.32 Å². The molecule has 104 valence electrons. The second kappa shape index (κ2) is 5.24. The Balaban J connectivity index is 1.73. The maximum absolute atomic E-state index is 4.49. The van der Waals surface area contributed by atoms with Gasteiger partial charge in [0.05, 0.1) is 0 Å². The number of nitrogens with zero attached hydrogens (tertiary/aromatic N) is 1. The predicted octanol–water partition coefficient (Wildman–Crippen LogP) is 3.79. The minimum Gasteiger partial charge on any atom is -0.313 e. The Hall–Kier alpha value is -0.890. The van der Waals surface area contributed by atoms with E-state index >= 15 is 0 Å². The van der Waals surface area contributed by atoms with E-state index in [1.165, 1.54) is 37.7 Å². The Bertz CT molecular complexity index is 434. The summed E-state index contributed by atoms with van der Waals surface area (Å²) in [6, 6.07) is 5.01. The van der Waals surface area contributed by atoms with Gasteiger partial charge in [-0.3, -0.25) is 4.98 Å². The fourth-order valence-electron chi connectivity index (χ4n) is 4.46. The van der Waals surface area contributed by atoms with Crippen LogP contribution < -0.4 is 5.32 Å². The molecule has 4 atom stereocenters. The van der Waals surface area contributed by atoms with Crippen molar-refractivity contribution >= 4 is 0 Å². The van der Waals surface area contributed by atoms with Crippen molar-refractivity contribution in [3.63, 3.8) is 0 Å². The lowest BCUT2D eigenvalue weighted by Gasteiger charge is -2.27. The molecule has 2 aliphatic carbocycles. The van der Waals surface area contributed by atoms with Crippen LogP contribution in [0.15, 0.2) is 12.1 Å². The van der Waals surface area contributed by atoms with Crippen molar-refractivity contribution < 1.29 is 0 Å². The molecule has 0 aromatic carbocycles. The molecule has 2 nitrogen and oxygen atoms in total. The molecule has 2 bridgehead atoms. The fourth-order valence-corrected chi connectivity index (χ4v) is 4.46. The zero-order valence-corrected chi connectivity index (χ0v) is 12.4. The average molecular weight is 258 g/mol. The van der Waals surface area contributed by atoms with Crippen LogP contribution in [-0.2, 0) is 0 Å². The van der Waals surface area contributed by atoms with Crippen molar-refractivity contribution in [2.45, 2.75) is 52.0 Å².